The van der Waals surface area contributed by atoms with Crippen LogP contribution in [0.5, 0.6) is 0 Å². The summed E-state index contributed by atoms with van der Waals surface area (Å²) in [5, 5.41) is 4.55. The molecule has 3 aromatic carbocycles. The van der Waals surface area contributed by atoms with Crippen molar-refractivity contribution < 1.29 is 26.2 Å². The Kier molecular flexibility index (Phi) is 19.3. The molecule has 0 N–H and O–H groups in total. The summed E-state index contributed by atoms with van der Waals surface area (Å²) in [6, 6.07) is 32.0. The fourth-order valence-electron chi connectivity index (χ4n) is 2.65. The molecule has 4 heteroatoms. The van der Waals surface area contributed by atoms with E-state index in [1.54, 1.807) is 0 Å². The van der Waals surface area contributed by atoms with Gasteiger partial charge in [0.05, 0.1) is 26.4 Å². The molecular weight excluding hydrogens is 524 g/mol. The van der Waals surface area contributed by atoms with Crippen LogP contribution in [0.4, 0.5) is 0 Å². The Morgan fingerprint density at radius 3 is 0.939 bits per heavy atom. The second-order valence-electron chi connectivity index (χ2n) is 8.10. The summed E-state index contributed by atoms with van der Waals surface area (Å²) in [6.45, 7) is 13.8. The summed E-state index contributed by atoms with van der Waals surface area (Å²) >= 11 is 0. The number of benzene rings is 3. The first-order valence-corrected chi connectivity index (χ1v) is 18.7. The molecule has 3 aromatic rings. The van der Waals surface area contributed by atoms with Crippen molar-refractivity contribution in [2.24, 2.45) is 0 Å². The third-order valence-corrected chi connectivity index (χ3v) is 9.10. The number of hydrogen-bond donors (Lipinski definition) is 0. The van der Waals surface area contributed by atoms with Crippen LogP contribution in [0, 0.1) is 6.08 Å². The monoisotopic (exact) mass is 560 g/mol. The molecule has 0 saturated carbocycles. The van der Waals surface area contributed by atoms with Gasteiger partial charge in [0.15, 0.2) is 0 Å². The van der Waals surface area contributed by atoms with E-state index in [-0.39, 0.29) is 52.6 Å². The molecule has 0 fully saturated rings. The SMILES string of the molecule is C[Si](C)c1ccccc1.C[Si](C)c1ccccc1.C[Si](C)c1ccccc1.[C-]1=CC=CC1.[Zr]. The van der Waals surface area contributed by atoms with Crippen LogP contribution in [-0.2, 0) is 26.2 Å². The first kappa shape index (κ1) is 31.7. The first-order chi connectivity index (χ1) is 15.4. The fourth-order valence-corrected chi connectivity index (χ4v) is 5.23. The standard InChI is InChI=1S/3C8H11Si.C5H5.Zr/c3*1-9(2)8-6-4-3-5-7-8;1-2-4-5-3-1;/h3*3-7H,1-2H3;1-3H,4H2;/q;;;-1;. The van der Waals surface area contributed by atoms with Gasteiger partial charge in [-0.15, -0.1) is 6.42 Å². The summed E-state index contributed by atoms with van der Waals surface area (Å²) in [5.74, 6) is 0. The third kappa shape index (κ3) is 16.0. The maximum Gasteiger partial charge on any atom is 0.0791 e. The van der Waals surface area contributed by atoms with Gasteiger partial charge < -0.3 is 0 Å². The second kappa shape index (κ2) is 20.1. The van der Waals surface area contributed by atoms with Crippen molar-refractivity contribution in [2.75, 3.05) is 0 Å². The van der Waals surface area contributed by atoms with Crippen LogP contribution in [0.25, 0.3) is 0 Å². The molecule has 0 aliphatic heterocycles. The van der Waals surface area contributed by atoms with Gasteiger partial charge in [-0.1, -0.05) is 146 Å². The predicted molar refractivity (Wildman–Crippen MR) is 152 cm³/mol. The molecule has 0 saturated heterocycles. The molecule has 1 aliphatic rings. The van der Waals surface area contributed by atoms with E-state index in [4.69, 9.17) is 0 Å². The van der Waals surface area contributed by atoms with Crippen molar-refractivity contribution in [3.63, 3.8) is 0 Å². The van der Waals surface area contributed by atoms with E-state index >= 15 is 0 Å². The quantitative estimate of drug-likeness (QED) is 0.262. The molecule has 0 spiro atoms. The van der Waals surface area contributed by atoms with E-state index in [2.05, 4.69) is 142 Å². The fraction of sp³-hybridized carbons (Fsp3) is 0.241. The van der Waals surface area contributed by atoms with Crippen molar-refractivity contribution in [3.8, 4) is 0 Å². The molecular formula is C29H38Si3Zr-. The van der Waals surface area contributed by atoms with Gasteiger partial charge in [0.25, 0.3) is 0 Å². The average molecular weight is 562 g/mol. The van der Waals surface area contributed by atoms with Gasteiger partial charge in [0.1, 0.15) is 0 Å². The summed E-state index contributed by atoms with van der Waals surface area (Å²) < 4.78 is 0. The average Bonchev–Trinajstić information content (AvgIpc) is 3.42. The molecule has 33 heavy (non-hydrogen) atoms. The van der Waals surface area contributed by atoms with Crippen molar-refractivity contribution in [3.05, 3.63) is 115 Å². The Bertz CT molecular complexity index is 761. The first-order valence-electron chi connectivity index (χ1n) is 11.2. The minimum Gasteiger partial charge on any atom is -0.273 e. The second-order valence-corrected chi connectivity index (χ2v) is 15.8. The molecule has 0 nitrogen and oxygen atoms in total. The molecule has 0 unspecified atom stereocenters. The van der Waals surface area contributed by atoms with Crippen LogP contribution in [0.2, 0.25) is 39.3 Å². The van der Waals surface area contributed by atoms with Gasteiger partial charge in [-0.3, -0.25) is 6.08 Å². The largest absolute Gasteiger partial charge is 0.273 e. The zero-order valence-corrected chi connectivity index (χ0v) is 26.6. The van der Waals surface area contributed by atoms with E-state index in [9.17, 15) is 0 Å². The van der Waals surface area contributed by atoms with Gasteiger partial charge in [-0.25, -0.2) is 12.2 Å². The van der Waals surface area contributed by atoms with Crippen LogP contribution in [-0.4, -0.2) is 26.4 Å². The van der Waals surface area contributed by atoms with Crippen molar-refractivity contribution >= 4 is 42.0 Å². The number of rotatable bonds is 3. The Balaban J connectivity index is 0.000000417. The minimum atomic E-state index is -0.212. The predicted octanol–water partition coefficient (Wildman–Crippen LogP) is 6.25. The zero-order chi connectivity index (χ0) is 23.6. The molecule has 0 bridgehead atoms. The molecule has 4 rings (SSSR count). The van der Waals surface area contributed by atoms with Crippen LogP contribution < -0.4 is 15.6 Å². The molecule has 3 radical (unpaired) electrons. The smallest absolute Gasteiger partial charge is 0.0791 e. The normalized spacial score (nSPS) is 10.9. The molecule has 1 aliphatic carbocycles. The summed E-state index contributed by atoms with van der Waals surface area (Å²) in [4.78, 5) is 0. The number of hydrogen-bond acceptors (Lipinski definition) is 0. The van der Waals surface area contributed by atoms with E-state index in [1.807, 2.05) is 12.2 Å². The molecule has 0 atom stereocenters. The van der Waals surface area contributed by atoms with Crippen LogP contribution in [0.15, 0.2) is 109 Å². The summed E-state index contributed by atoms with van der Waals surface area (Å²) in [6.07, 6.45) is 10.0. The van der Waals surface area contributed by atoms with Gasteiger partial charge in [-0.05, 0) is 0 Å². The Hall–Kier alpha value is -1.33. The maximum absolute atomic E-state index is 2.99. The van der Waals surface area contributed by atoms with Crippen LogP contribution in [0.3, 0.4) is 0 Å². The Morgan fingerprint density at radius 2 is 0.818 bits per heavy atom. The molecule has 0 heterocycles. The van der Waals surface area contributed by atoms with E-state index < -0.39 is 0 Å². The Morgan fingerprint density at radius 1 is 0.515 bits per heavy atom. The topological polar surface area (TPSA) is 0 Å². The molecule has 0 aromatic heterocycles. The van der Waals surface area contributed by atoms with E-state index in [0.717, 1.165) is 6.42 Å². The van der Waals surface area contributed by atoms with Gasteiger partial charge in [-0.2, -0.15) is 6.08 Å². The van der Waals surface area contributed by atoms with E-state index in [0.29, 0.717) is 0 Å². The summed E-state index contributed by atoms with van der Waals surface area (Å²) in [5.41, 5.74) is 0. The zero-order valence-electron chi connectivity index (χ0n) is 21.1. The van der Waals surface area contributed by atoms with E-state index in [1.165, 1.54) is 15.6 Å². The van der Waals surface area contributed by atoms with Crippen molar-refractivity contribution in [2.45, 2.75) is 45.7 Å². The van der Waals surface area contributed by atoms with Gasteiger partial charge >= 0.3 is 0 Å². The minimum absolute atomic E-state index is 0. The van der Waals surface area contributed by atoms with Crippen molar-refractivity contribution in [1.29, 1.82) is 0 Å². The van der Waals surface area contributed by atoms with Crippen LogP contribution >= 0.6 is 0 Å². The maximum atomic E-state index is 2.99. The molecule has 0 amide bonds. The molecule has 171 valence electrons. The Labute approximate surface area is 227 Å². The summed E-state index contributed by atoms with van der Waals surface area (Å²) in [7, 11) is -0.637. The van der Waals surface area contributed by atoms with Crippen LogP contribution in [0.1, 0.15) is 6.42 Å². The third-order valence-electron chi connectivity index (χ3n) is 4.64. The number of allylic oxidation sites excluding steroid dienone is 4. The van der Waals surface area contributed by atoms with Crippen molar-refractivity contribution in [1.82, 2.24) is 0 Å². The van der Waals surface area contributed by atoms with Gasteiger partial charge in [0, 0.05) is 26.2 Å². The van der Waals surface area contributed by atoms with Gasteiger partial charge in [0.2, 0.25) is 0 Å².